The highest BCUT2D eigenvalue weighted by Crippen LogP contribution is 2.09. The first-order valence-electron chi connectivity index (χ1n) is 6.76. The van der Waals surface area contributed by atoms with Crippen LogP contribution < -0.4 is 10.1 Å². The molecule has 2 rings (SSSR count). The summed E-state index contributed by atoms with van der Waals surface area (Å²) in [5, 5.41) is 2.72. The molecule has 1 saturated heterocycles. The van der Waals surface area contributed by atoms with Crippen LogP contribution in [0.15, 0.2) is 18.3 Å². The van der Waals surface area contributed by atoms with E-state index in [1.165, 1.54) is 13.3 Å². The fraction of sp³-hybridized carbons (Fsp3) is 0.500. The Labute approximate surface area is 118 Å². The molecule has 0 saturated carbocycles. The smallest absolute Gasteiger partial charge is 0.252 e. The lowest BCUT2D eigenvalue weighted by molar-refractivity contribution is -0.129. The summed E-state index contributed by atoms with van der Waals surface area (Å²) in [5.41, 5.74) is 0.458. The number of aromatic nitrogens is 1. The second-order valence-corrected chi connectivity index (χ2v) is 4.68. The number of hydrogen-bond acceptors (Lipinski definition) is 4. The molecule has 1 aromatic heterocycles. The molecule has 1 fully saturated rings. The van der Waals surface area contributed by atoms with E-state index in [4.69, 9.17) is 4.74 Å². The van der Waals surface area contributed by atoms with E-state index in [0.717, 1.165) is 25.9 Å². The zero-order valence-corrected chi connectivity index (χ0v) is 11.6. The van der Waals surface area contributed by atoms with Gasteiger partial charge in [0.1, 0.15) is 0 Å². The van der Waals surface area contributed by atoms with Crippen molar-refractivity contribution in [1.29, 1.82) is 0 Å². The third-order valence-electron chi connectivity index (χ3n) is 3.29. The Kier molecular flexibility index (Phi) is 4.92. The second kappa shape index (κ2) is 6.88. The molecule has 0 bridgehead atoms. The predicted octanol–water partition coefficient (Wildman–Crippen LogP) is 0.832. The van der Waals surface area contributed by atoms with Gasteiger partial charge < -0.3 is 15.0 Å². The molecule has 0 atom stereocenters. The third kappa shape index (κ3) is 3.69. The van der Waals surface area contributed by atoms with Crippen molar-refractivity contribution in [3.05, 3.63) is 23.9 Å². The molecule has 1 aliphatic heterocycles. The third-order valence-corrected chi connectivity index (χ3v) is 3.29. The van der Waals surface area contributed by atoms with Crippen LogP contribution in [0.1, 0.15) is 29.6 Å². The van der Waals surface area contributed by atoms with E-state index in [2.05, 4.69) is 10.3 Å². The number of pyridine rings is 1. The van der Waals surface area contributed by atoms with Crippen molar-refractivity contribution in [3.63, 3.8) is 0 Å². The topological polar surface area (TPSA) is 71.5 Å². The molecule has 108 valence electrons. The number of carbonyl (C=O) groups excluding carboxylic acids is 2. The molecule has 6 nitrogen and oxygen atoms in total. The predicted molar refractivity (Wildman–Crippen MR) is 73.6 cm³/mol. The van der Waals surface area contributed by atoms with E-state index in [1.54, 1.807) is 12.1 Å². The molecule has 0 radical (unpaired) electrons. The molecule has 0 aliphatic carbocycles. The summed E-state index contributed by atoms with van der Waals surface area (Å²) in [6.07, 6.45) is 3.96. The molecular weight excluding hydrogens is 258 g/mol. The van der Waals surface area contributed by atoms with Crippen molar-refractivity contribution in [3.8, 4) is 5.88 Å². The summed E-state index contributed by atoms with van der Waals surface area (Å²) in [7, 11) is 1.52. The fourth-order valence-corrected chi connectivity index (χ4v) is 2.15. The molecular formula is C14H19N3O3. The van der Waals surface area contributed by atoms with Crippen molar-refractivity contribution < 1.29 is 14.3 Å². The maximum atomic E-state index is 11.8. The lowest BCUT2D eigenvalue weighted by Gasteiger charge is -2.15. The number of hydrogen-bond donors (Lipinski definition) is 1. The first-order valence-corrected chi connectivity index (χ1v) is 6.76. The van der Waals surface area contributed by atoms with Crippen molar-refractivity contribution in [2.24, 2.45) is 0 Å². The van der Waals surface area contributed by atoms with Gasteiger partial charge in [-0.2, -0.15) is 0 Å². The summed E-state index contributed by atoms with van der Waals surface area (Å²) < 4.78 is 4.93. The number of likely N-dealkylation sites (tertiary alicyclic amines) is 1. The lowest BCUT2D eigenvalue weighted by Crippen LogP contribution is -2.32. The summed E-state index contributed by atoms with van der Waals surface area (Å²) in [6.45, 7) is 2.03. The lowest BCUT2D eigenvalue weighted by atomic mass is 10.2. The number of carbonyl (C=O) groups is 2. The Morgan fingerprint density at radius 2 is 2.10 bits per heavy atom. The van der Waals surface area contributed by atoms with Gasteiger partial charge in [-0.1, -0.05) is 0 Å². The van der Waals surface area contributed by atoms with Crippen LogP contribution in [0.3, 0.4) is 0 Å². The Hall–Kier alpha value is -2.11. The summed E-state index contributed by atoms with van der Waals surface area (Å²) in [5.74, 6) is 0.343. The van der Waals surface area contributed by atoms with E-state index >= 15 is 0 Å². The Morgan fingerprint density at radius 1 is 1.35 bits per heavy atom. The van der Waals surface area contributed by atoms with Crippen LogP contribution >= 0.6 is 0 Å². The first kappa shape index (κ1) is 14.3. The average Bonchev–Trinajstić information content (AvgIpc) is 3.01. The van der Waals surface area contributed by atoms with Crippen molar-refractivity contribution in [1.82, 2.24) is 15.2 Å². The standard InChI is InChI=1S/C14H19N3O3/c1-20-12-5-4-11(10-16-12)14(19)15-7-6-13(18)17-8-2-3-9-17/h4-5,10H,2-3,6-9H2,1H3,(H,15,19). The normalized spacial score (nSPS) is 14.2. The fourth-order valence-electron chi connectivity index (χ4n) is 2.15. The van der Waals surface area contributed by atoms with Gasteiger partial charge >= 0.3 is 0 Å². The molecule has 2 amide bonds. The van der Waals surface area contributed by atoms with Gasteiger partial charge in [0.2, 0.25) is 11.8 Å². The van der Waals surface area contributed by atoms with E-state index in [0.29, 0.717) is 24.4 Å². The number of nitrogens with one attached hydrogen (secondary N) is 1. The zero-order valence-electron chi connectivity index (χ0n) is 11.6. The van der Waals surface area contributed by atoms with Gasteiger partial charge in [0.25, 0.3) is 5.91 Å². The van der Waals surface area contributed by atoms with E-state index in [-0.39, 0.29) is 11.8 Å². The maximum absolute atomic E-state index is 11.8. The molecule has 1 aromatic rings. The molecule has 1 N–H and O–H groups in total. The van der Waals surface area contributed by atoms with Gasteiger partial charge in [0.05, 0.1) is 12.7 Å². The quantitative estimate of drug-likeness (QED) is 0.865. The molecule has 0 spiro atoms. The average molecular weight is 277 g/mol. The van der Waals surface area contributed by atoms with Crippen molar-refractivity contribution in [2.45, 2.75) is 19.3 Å². The number of ether oxygens (including phenoxy) is 1. The largest absolute Gasteiger partial charge is 0.481 e. The van der Waals surface area contributed by atoms with E-state index in [1.807, 2.05) is 4.90 Å². The van der Waals surface area contributed by atoms with Gasteiger partial charge in [-0.25, -0.2) is 4.98 Å². The molecule has 6 heteroatoms. The highest BCUT2D eigenvalue weighted by Gasteiger charge is 2.17. The van der Waals surface area contributed by atoms with Gasteiger partial charge in [0, 0.05) is 38.3 Å². The van der Waals surface area contributed by atoms with Crippen LogP contribution in [0.25, 0.3) is 0 Å². The SMILES string of the molecule is COc1ccc(C(=O)NCCC(=O)N2CCCC2)cn1. The van der Waals surface area contributed by atoms with Gasteiger partial charge in [0.15, 0.2) is 0 Å². The zero-order chi connectivity index (χ0) is 14.4. The van der Waals surface area contributed by atoms with Crippen LogP contribution in [0.4, 0.5) is 0 Å². The van der Waals surface area contributed by atoms with Gasteiger partial charge in [-0.3, -0.25) is 9.59 Å². The maximum Gasteiger partial charge on any atom is 0.252 e. The summed E-state index contributed by atoms with van der Waals surface area (Å²) in [6, 6.07) is 3.27. The highest BCUT2D eigenvalue weighted by molar-refractivity contribution is 5.94. The van der Waals surface area contributed by atoms with Crippen LogP contribution in [0, 0.1) is 0 Å². The molecule has 2 heterocycles. The van der Waals surface area contributed by atoms with E-state index < -0.39 is 0 Å². The van der Waals surface area contributed by atoms with Crippen LogP contribution in [0.2, 0.25) is 0 Å². The van der Waals surface area contributed by atoms with Gasteiger partial charge in [-0.05, 0) is 18.9 Å². The Morgan fingerprint density at radius 3 is 2.70 bits per heavy atom. The van der Waals surface area contributed by atoms with Crippen molar-refractivity contribution in [2.75, 3.05) is 26.7 Å². The monoisotopic (exact) mass is 277 g/mol. The highest BCUT2D eigenvalue weighted by atomic mass is 16.5. The minimum Gasteiger partial charge on any atom is -0.481 e. The van der Waals surface area contributed by atoms with Crippen LogP contribution in [0.5, 0.6) is 5.88 Å². The Balaban J connectivity index is 1.75. The number of methoxy groups -OCH3 is 1. The molecule has 20 heavy (non-hydrogen) atoms. The second-order valence-electron chi connectivity index (χ2n) is 4.68. The number of amides is 2. The number of rotatable bonds is 5. The van der Waals surface area contributed by atoms with Crippen LogP contribution in [-0.2, 0) is 4.79 Å². The molecule has 0 aromatic carbocycles. The molecule has 1 aliphatic rings. The minimum atomic E-state index is -0.227. The minimum absolute atomic E-state index is 0.107. The number of nitrogens with zero attached hydrogens (tertiary/aromatic N) is 2. The van der Waals surface area contributed by atoms with Gasteiger partial charge in [-0.15, -0.1) is 0 Å². The first-order chi connectivity index (χ1) is 9.70. The summed E-state index contributed by atoms with van der Waals surface area (Å²) >= 11 is 0. The summed E-state index contributed by atoms with van der Waals surface area (Å²) in [4.78, 5) is 29.4. The van der Waals surface area contributed by atoms with Crippen molar-refractivity contribution >= 4 is 11.8 Å². The van der Waals surface area contributed by atoms with E-state index in [9.17, 15) is 9.59 Å². The molecule has 0 unspecified atom stereocenters. The van der Waals surface area contributed by atoms with Crippen LogP contribution in [-0.4, -0.2) is 48.4 Å². The Bertz CT molecular complexity index is 467.